The molecular weight excluding hydrogens is 1070 g/mol. The Morgan fingerprint density at radius 1 is 0.578 bits per heavy atom. The molecule has 0 saturated heterocycles. The number of hydrogen-bond donors (Lipinski definition) is 2. The van der Waals surface area contributed by atoms with Crippen molar-refractivity contribution in [2.24, 2.45) is 0 Å². The van der Waals surface area contributed by atoms with E-state index >= 15 is 0 Å². The highest BCUT2D eigenvalue weighted by Gasteiger charge is 2.27. The van der Waals surface area contributed by atoms with Crippen LogP contribution in [0.25, 0.3) is 66.1 Å². The molecule has 8 aromatic heterocycles. The van der Waals surface area contributed by atoms with Gasteiger partial charge in [-0.15, -0.1) is 0 Å². The van der Waals surface area contributed by atoms with Crippen molar-refractivity contribution < 1.29 is 47.1 Å². The summed E-state index contributed by atoms with van der Waals surface area (Å²) in [5.41, 5.74) is 8.45. The summed E-state index contributed by atoms with van der Waals surface area (Å²) in [6.07, 6.45) is 6.57. The molecule has 10 rings (SSSR count). The Morgan fingerprint density at radius 3 is 1.53 bits per heavy atom. The molecule has 8 heterocycles. The van der Waals surface area contributed by atoms with E-state index in [-0.39, 0.29) is 57.8 Å². The zero-order valence-electron chi connectivity index (χ0n) is 47.2. The number of carbonyl (C=O) groups excluding carboxylic acids is 2. The maximum atomic E-state index is 14.4. The summed E-state index contributed by atoms with van der Waals surface area (Å²) >= 11 is 0. The van der Waals surface area contributed by atoms with Gasteiger partial charge in [-0.25, -0.2) is 9.59 Å². The number of aromatic nitrogens is 10. The summed E-state index contributed by atoms with van der Waals surface area (Å²) in [4.78, 5) is 73.7. The van der Waals surface area contributed by atoms with E-state index in [2.05, 4.69) is 30.9 Å². The van der Waals surface area contributed by atoms with Crippen LogP contribution in [-0.2, 0) is 48.2 Å². The molecular formula is C59H64N12O12. The molecule has 432 valence electrons. The summed E-state index contributed by atoms with van der Waals surface area (Å²) < 4.78 is 51.3. The van der Waals surface area contributed by atoms with Crippen LogP contribution in [-0.4, -0.2) is 140 Å². The van der Waals surface area contributed by atoms with Crippen molar-refractivity contribution in [3.8, 4) is 33.8 Å². The first-order valence-electron chi connectivity index (χ1n) is 27.1. The molecule has 10 aromatic rings. The Balaban J connectivity index is 0.647. The molecule has 0 fully saturated rings. The van der Waals surface area contributed by atoms with Gasteiger partial charge in [-0.1, -0.05) is 22.4 Å². The highest BCUT2D eigenvalue weighted by molar-refractivity contribution is 6.06. The van der Waals surface area contributed by atoms with Crippen LogP contribution in [0, 0.1) is 27.7 Å². The average Bonchev–Trinajstić information content (AvgIpc) is 2.52. The van der Waals surface area contributed by atoms with E-state index in [4.69, 9.17) is 47.4 Å². The van der Waals surface area contributed by atoms with Gasteiger partial charge in [0, 0.05) is 47.4 Å². The zero-order chi connectivity index (χ0) is 58.1. The first-order valence-corrected chi connectivity index (χ1v) is 27.1. The van der Waals surface area contributed by atoms with Crippen molar-refractivity contribution in [2.45, 2.75) is 60.3 Å². The molecule has 0 aliphatic rings. The fraction of sp³-hybridized carbons (Fsp3) is 0.356. The second-order valence-electron chi connectivity index (χ2n) is 19.6. The molecule has 0 radical (unpaired) electrons. The van der Waals surface area contributed by atoms with Crippen LogP contribution in [0.3, 0.4) is 0 Å². The Kier molecular flexibility index (Phi) is 17.8. The third-order valence-corrected chi connectivity index (χ3v) is 14.3. The predicted molar refractivity (Wildman–Crippen MR) is 307 cm³/mol. The number of pyridine rings is 4. The molecule has 0 aliphatic heterocycles. The second-order valence-corrected chi connectivity index (χ2v) is 19.6. The van der Waals surface area contributed by atoms with Crippen molar-refractivity contribution >= 4 is 55.7 Å². The second kappa shape index (κ2) is 25.8. The molecule has 2 aromatic carbocycles. The number of ether oxygens (including phenoxy) is 6. The topological polar surface area (TPSA) is 271 Å². The Hall–Kier alpha value is -9.10. The highest BCUT2D eigenvalue weighted by Crippen LogP contribution is 2.41. The largest absolute Gasteiger partial charge is 0.496 e. The molecule has 24 nitrogen and oxygen atoms in total. The van der Waals surface area contributed by atoms with Crippen molar-refractivity contribution in [3.63, 3.8) is 0 Å². The van der Waals surface area contributed by atoms with Gasteiger partial charge in [0.1, 0.15) is 36.1 Å². The Morgan fingerprint density at radius 2 is 1.06 bits per heavy atom. The minimum Gasteiger partial charge on any atom is -0.496 e. The normalized spacial score (nSPS) is 12.0. The Labute approximate surface area is 475 Å². The first-order chi connectivity index (χ1) is 40.4. The van der Waals surface area contributed by atoms with Crippen molar-refractivity contribution in [2.75, 3.05) is 80.2 Å². The number of nitrogens with zero attached hydrogens (tertiary/aromatic N) is 10. The standard InChI is InChI=1S/C59H64N12O12/c1-35-54(38(4)82-66-35)43-26-46-41(28-50(43)76-6)56-48(30-64-46)68(58(74)70(56)32-40-12-8-10-14-60-40)33-52(72)62-16-18-78-20-22-80-24-25-81-23-21-79-19-17-63-53(73)34-69-49-31-65-47-27-44(55-36(2)67-83-39(55)5)51(77-7)29-42(47)57(49)71(59(69)75)37(3)45-13-9-11-15-61-45/h8-15,26-31,37H,16-25,32-34H2,1-7H3,(H,62,72)(H,63,73). The molecule has 0 aliphatic carbocycles. The number of fused-ring (bicyclic) bond motifs is 6. The molecule has 0 spiro atoms. The first kappa shape index (κ1) is 57.1. The number of rotatable bonds is 27. The van der Waals surface area contributed by atoms with Crippen LogP contribution in [0.5, 0.6) is 11.5 Å². The molecule has 0 bridgehead atoms. The van der Waals surface area contributed by atoms with Gasteiger partial charge in [-0.05, 0) is 83.1 Å². The lowest BCUT2D eigenvalue weighted by Crippen LogP contribution is -2.35. The number of methoxy groups -OCH3 is 2. The lowest BCUT2D eigenvalue weighted by molar-refractivity contribution is -0.122. The highest BCUT2D eigenvalue weighted by atomic mass is 16.6. The maximum Gasteiger partial charge on any atom is 0.330 e. The monoisotopic (exact) mass is 1130 g/mol. The summed E-state index contributed by atoms with van der Waals surface area (Å²) in [6.45, 7) is 11.7. The van der Waals surface area contributed by atoms with E-state index in [0.29, 0.717) is 129 Å². The third kappa shape index (κ3) is 12.1. The van der Waals surface area contributed by atoms with E-state index in [1.165, 1.54) is 9.13 Å². The van der Waals surface area contributed by atoms with Gasteiger partial charge >= 0.3 is 11.4 Å². The summed E-state index contributed by atoms with van der Waals surface area (Å²) in [5, 5.41) is 15.3. The summed E-state index contributed by atoms with van der Waals surface area (Å²) in [7, 11) is 3.16. The molecule has 24 heteroatoms. The molecule has 0 saturated carbocycles. The molecule has 2 amide bonds. The van der Waals surface area contributed by atoms with Crippen LogP contribution >= 0.6 is 0 Å². The zero-order valence-corrected chi connectivity index (χ0v) is 47.2. The molecule has 2 N–H and O–H groups in total. The van der Waals surface area contributed by atoms with E-state index in [9.17, 15) is 19.2 Å². The summed E-state index contributed by atoms with van der Waals surface area (Å²) in [5.74, 6) is 1.62. The SMILES string of the molecule is COc1cc2c(cc1-c1c(C)noc1C)ncc1c2n(Cc2ccccn2)c(=O)n1CC(=O)NCCOCCOCCOCCOCCNC(=O)Cn1c(=O)n(C(C)c2ccccn2)c2c3cc(OC)c(-c4c(C)noc4C)cc3ncc21. The third-order valence-electron chi connectivity index (χ3n) is 14.3. The number of benzene rings is 2. The number of hydrogen-bond acceptors (Lipinski definition) is 18. The lowest BCUT2D eigenvalue weighted by atomic mass is 10.00. The van der Waals surface area contributed by atoms with E-state index in [1.807, 2.05) is 89.2 Å². The van der Waals surface area contributed by atoms with Crippen LogP contribution in [0.1, 0.15) is 47.3 Å². The smallest absolute Gasteiger partial charge is 0.330 e. The maximum absolute atomic E-state index is 14.4. The lowest BCUT2D eigenvalue weighted by Gasteiger charge is -2.15. The van der Waals surface area contributed by atoms with Gasteiger partial charge in [0.15, 0.2) is 0 Å². The average molecular weight is 1130 g/mol. The van der Waals surface area contributed by atoms with Gasteiger partial charge in [0.25, 0.3) is 0 Å². The molecule has 1 atom stereocenters. The van der Waals surface area contributed by atoms with Gasteiger partial charge in [-0.3, -0.25) is 47.8 Å². The van der Waals surface area contributed by atoms with Crippen molar-refractivity contribution in [1.82, 2.24) is 59.2 Å². The van der Waals surface area contributed by atoms with Gasteiger partial charge in [-0.2, -0.15) is 0 Å². The van der Waals surface area contributed by atoms with Crippen molar-refractivity contribution in [3.05, 3.63) is 141 Å². The van der Waals surface area contributed by atoms with Gasteiger partial charge < -0.3 is 48.1 Å². The number of aryl methyl sites for hydroxylation is 4. The quantitative estimate of drug-likeness (QED) is 0.0557. The van der Waals surface area contributed by atoms with Crippen LogP contribution in [0.2, 0.25) is 0 Å². The van der Waals surface area contributed by atoms with Crippen molar-refractivity contribution in [1.29, 1.82) is 0 Å². The van der Waals surface area contributed by atoms with Gasteiger partial charge in [0.05, 0.1) is 159 Å². The molecule has 1 unspecified atom stereocenters. The number of nitrogens with one attached hydrogen (secondary N) is 2. The van der Waals surface area contributed by atoms with Crippen LogP contribution < -0.4 is 31.5 Å². The number of amides is 2. The fourth-order valence-electron chi connectivity index (χ4n) is 10.4. The summed E-state index contributed by atoms with van der Waals surface area (Å²) in [6, 6.07) is 18.0. The van der Waals surface area contributed by atoms with Crippen LogP contribution in [0.15, 0.2) is 104 Å². The molecule has 83 heavy (non-hydrogen) atoms. The predicted octanol–water partition coefficient (Wildman–Crippen LogP) is 6.02. The fourth-order valence-corrected chi connectivity index (χ4v) is 10.4. The Bertz CT molecular complexity index is 4030. The van der Waals surface area contributed by atoms with Crippen LogP contribution in [0.4, 0.5) is 0 Å². The number of carbonyl (C=O) groups is 2. The number of imidazole rings is 2. The minimum absolute atomic E-state index is 0.165. The van der Waals surface area contributed by atoms with Gasteiger partial charge in [0.2, 0.25) is 11.8 Å². The van der Waals surface area contributed by atoms with E-state index < -0.39 is 17.4 Å². The minimum atomic E-state index is -0.490. The van der Waals surface area contributed by atoms with E-state index in [0.717, 1.165) is 22.3 Å². The van der Waals surface area contributed by atoms with E-state index in [1.54, 1.807) is 54.2 Å².